The molecule has 0 saturated carbocycles. The van der Waals surface area contributed by atoms with E-state index in [1.807, 2.05) is 60.9 Å². The molecule has 0 bridgehead atoms. The van der Waals surface area contributed by atoms with E-state index in [1.54, 1.807) is 35.0 Å². The molecule has 1 aromatic heterocycles. The van der Waals surface area contributed by atoms with E-state index in [4.69, 9.17) is 0 Å². The average Bonchev–Trinajstić information content (AvgIpc) is 3.05. The molecule has 1 atom stereocenters. The number of nitrogens with one attached hydrogen (secondary N) is 1. The first-order valence-corrected chi connectivity index (χ1v) is 10.6. The maximum absolute atomic E-state index is 13.0. The Kier molecular flexibility index (Phi) is 5.62. The number of aromatic nitrogens is 1. The van der Waals surface area contributed by atoms with Gasteiger partial charge in [0.2, 0.25) is 5.91 Å². The third-order valence-corrected chi connectivity index (χ3v) is 5.72. The fourth-order valence-corrected chi connectivity index (χ4v) is 3.93. The van der Waals surface area contributed by atoms with Crippen LogP contribution >= 0.6 is 11.8 Å². The van der Waals surface area contributed by atoms with Crippen LogP contribution in [0.1, 0.15) is 34.1 Å². The molecule has 1 aliphatic heterocycles. The summed E-state index contributed by atoms with van der Waals surface area (Å²) >= 11 is 1.68. The van der Waals surface area contributed by atoms with E-state index in [2.05, 4.69) is 10.3 Å². The van der Waals surface area contributed by atoms with Crippen LogP contribution in [0.2, 0.25) is 0 Å². The van der Waals surface area contributed by atoms with Crippen LogP contribution in [-0.2, 0) is 11.3 Å². The number of hydrogen-bond donors (Lipinski definition) is 1. The van der Waals surface area contributed by atoms with Crippen LogP contribution in [0.15, 0.2) is 77.8 Å². The van der Waals surface area contributed by atoms with Crippen molar-refractivity contribution < 1.29 is 9.59 Å². The van der Waals surface area contributed by atoms with Gasteiger partial charge >= 0.3 is 0 Å². The Labute approximate surface area is 174 Å². The van der Waals surface area contributed by atoms with Gasteiger partial charge in [-0.25, -0.2) is 0 Å². The van der Waals surface area contributed by atoms with E-state index < -0.39 is 6.04 Å². The Balaban J connectivity index is 1.51. The van der Waals surface area contributed by atoms with Gasteiger partial charge in [-0.1, -0.05) is 30.3 Å². The Morgan fingerprint density at radius 3 is 2.55 bits per heavy atom. The Hall–Kier alpha value is -3.12. The van der Waals surface area contributed by atoms with Gasteiger partial charge in [-0.15, -0.1) is 11.8 Å². The average molecular weight is 404 g/mol. The van der Waals surface area contributed by atoms with Crippen molar-refractivity contribution in [2.45, 2.75) is 23.9 Å². The third kappa shape index (κ3) is 4.03. The Bertz CT molecular complexity index is 1020. The lowest BCUT2D eigenvalue weighted by Gasteiger charge is -2.24. The summed E-state index contributed by atoms with van der Waals surface area (Å²) in [5, 5.41) is 2.97. The van der Waals surface area contributed by atoms with Crippen LogP contribution in [0.4, 0.5) is 5.69 Å². The molecule has 2 aromatic carbocycles. The lowest BCUT2D eigenvalue weighted by atomic mass is 10.1. The molecule has 1 aliphatic rings. The van der Waals surface area contributed by atoms with E-state index in [0.717, 1.165) is 11.3 Å². The van der Waals surface area contributed by atoms with E-state index >= 15 is 0 Å². The van der Waals surface area contributed by atoms with E-state index in [0.29, 0.717) is 17.8 Å². The summed E-state index contributed by atoms with van der Waals surface area (Å²) in [6.45, 7) is 0.453. The summed E-state index contributed by atoms with van der Waals surface area (Å²) in [5.41, 5.74) is 3.01. The van der Waals surface area contributed by atoms with E-state index in [9.17, 15) is 9.59 Å². The summed E-state index contributed by atoms with van der Waals surface area (Å²) in [4.78, 5) is 33.0. The summed E-state index contributed by atoms with van der Waals surface area (Å²) < 4.78 is 0. The van der Waals surface area contributed by atoms with Crippen molar-refractivity contribution in [1.29, 1.82) is 0 Å². The smallest absolute Gasteiger partial charge is 0.260 e. The highest BCUT2D eigenvalue weighted by atomic mass is 32.2. The lowest BCUT2D eigenvalue weighted by Crippen LogP contribution is -2.32. The zero-order chi connectivity index (χ0) is 20.2. The Morgan fingerprint density at radius 2 is 1.83 bits per heavy atom. The predicted molar refractivity (Wildman–Crippen MR) is 115 cm³/mol. The summed E-state index contributed by atoms with van der Waals surface area (Å²) in [6.07, 6.45) is 3.86. The molecule has 146 valence electrons. The summed E-state index contributed by atoms with van der Waals surface area (Å²) in [7, 11) is 0. The first kappa shape index (κ1) is 19.2. The van der Waals surface area contributed by atoms with Gasteiger partial charge in [0.25, 0.3) is 5.91 Å². The molecule has 0 aliphatic carbocycles. The molecule has 0 radical (unpaired) electrons. The van der Waals surface area contributed by atoms with Gasteiger partial charge in [-0.05, 0) is 48.2 Å². The van der Waals surface area contributed by atoms with Crippen molar-refractivity contribution in [3.63, 3.8) is 0 Å². The molecule has 5 nitrogen and oxygen atoms in total. The lowest BCUT2D eigenvalue weighted by molar-refractivity contribution is -0.121. The fraction of sp³-hybridized carbons (Fsp3) is 0.174. The molecular weight excluding hydrogens is 382 g/mol. The van der Waals surface area contributed by atoms with E-state index in [-0.39, 0.29) is 18.2 Å². The van der Waals surface area contributed by atoms with Gasteiger partial charge < -0.3 is 5.32 Å². The number of rotatable bonds is 6. The Morgan fingerprint density at radius 1 is 1.07 bits per heavy atom. The normalized spacial score (nSPS) is 15.3. The zero-order valence-electron chi connectivity index (χ0n) is 16.0. The van der Waals surface area contributed by atoms with Gasteiger partial charge in [0.05, 0.1) is 23.7 Å². The number of anilines is 1. The number of carbonyl (C=O) groups excluding carboxylic acids is 2. The number of amides is 2. The molecule has 4 rings (SSSR count). The standard InChI is InChI=1S/C23H21N3O2S/c1-29-18-11-9-16(10-12-18)15-25-21(27)14-20-22-19(8-5-13-24-22)23(28)26(20)17-6-3-2-4-7-17/h2-13,20H,14-15H2,1H3,(H,25,27)/t20-/m1/s1. The highest BCUT2D eigenvalue weighted by Crippen LogP contribution is 2.38. The second-order valence-corrected chi connectivity index (χ2v) is 7.67. The second-order valence-electron chi connectivity index (χ2n) is 6.79. The van der Waals surface area contributed by atoms with Gasteiger partial charge in [0.1, 0.15) is 0 Å². The minimum absolute atomic E-state index is 0.115. The molecule has 2 amide bonds. The first-order chi connectivity index (χ1) is 14.2. The molecule has 29 heavy (non-hydrogen) atoms. The molecular formula is C23H21N3O2S. The van der Waals surface area contributed by atoms with Crippen molar-refractivity contribution in [2.24, 2.45) is 0 Å². The van der Waals surface area contributed by atoms with Crippen molar-refractivity contribution in [3.8, 4) is 0 Å². The monoisotopic (exact) mass is 403 g/mol. The number of pyridine rings is 1. The molecule has 0 unspecified atom stereocenters. The number of nitrogens with zero attached hydrogens (tertiary/aromatic N) is 2. The maximum atomic E-state index is 13.0. The minimum atomic E-state index is -0.417. The second kappa shape index (κ2) is 8.49. The molecule has 3 aromatic rings. The van der Waals surface area contributed by atoms with Crippen LogP contribution in [-0.4, -0.2) is 23.1 Å². The quantitative estimate of drug-likeness (QED) is 0.626. The number of para-hydroxylation sites is 1. The molecule has 2 heterocycles. The van der Waals surface area contributed by atoms with Crippen molar-refractivity contribution >= 4 is 29.3 Å². The maximum Gasteiger partial charge on any atom is 0.260 e. The number of benzene rings is 2. The number of thioether (sulfide) groups is 1. The van der Waals surface area contributed by atoms with Crippen molar-refractivity contribution in [1.82, 2.24) is 10.3 Å². The SMILES string of the molecule is CSc1ccc(CNC(=O)C[C@@H]2c3ncccc3C(=O)N2c2ccccc2)cc1. The highest BCUT2D eigenvalue weighted by Gasteiger charge is 2.39. The van der Waals surface area contributed by atoms with Gasteiger partial charge in [0, 0.05) is 23.3 Å². The molecule has 0 fully saturated rings. The number of fused-ring (bicyclic) bond motifs is 1. The van der Waals surface area contributed by atoms with E-state index in [1.165, 1.54) is 4.90 Å². The molecule has 0 spiro atoms. The minimum Gasteiger partial charge on any atom is -0.352 e. The largest absolute Gasteiger partial charge is 0.352 e. The van der Waals surface area contributed by atoms with Crippen molar-refractivity contribution in [2.75, 3.05) is 11.2 Å². The summed E-state index contributed by atoms with van der Waals surface area (Å²) in [6, 6.07) is 20.6. The number of carbonyl (C=O) groups is 2. The number of hydrogen-bond acceptors (Lipinski definition) is 4. The van der Waals surface area contributed by atoms with Crippen LogP contribution in [0.5, 0.6) is 0 Å². The first-order valence-electron chi connectivity index (χ1n) is 9.40. The van der Waals surface area contributed by atoms with Crippen LogP contribution in [0.3, 0.4) is 0 Å². The van der Waals surface area contributed by atoms with Crippen molar-refractivity contribution in [3.05, 3.63) is 89.7 Å². The highest BCUT2D eigenvalue weighted by molar-refractivity contribution is 7.98. The summed E-state index contributed by atoms with van der Waals surface area (Å²) in [5.74, 6) is -0.235. The zero-order valence-corrected chi connectivity index (χ0v) is 16.9. The topological polar surface area (TPSA) is 62.3 Å². The van der Waals surface area contributed by atoms with Crippen LogP contribution in [0, 0.1) is 0 Å². The molecule has 1 N–H and O–H groups in total. The van der Waals surface area contributed by atoms with Gasteiger partial charge in [-0.3, -0.25) is 19.5 Å². The molecule has 0 saturated heterocycles. The van der Waals surface area contributed by atoms with Gasteiger partial charge in [-0.2, -0.15) is 0 Å². The molecule has 6 heteroatoms. The third-order valence-electron chi connectivity index (χ3n) is 4.98. The predicted octanol–water partition coefficient (Wildman–Crippen LogP) is 4.21. The van der Waals surface area contributed by atoms with Gasteiger partial charge in [0.15, 0.2) is 0 Å². The van der Waals surface area contributed by atoms with Crippen LogP contribution in [0.25, 0.3) is 0 Å². The van der Waals surface area contributed by atoms with Crippen LogP contribution < -0.4 is 10.2 Å². The fourth-order valence-electron chi connectivity index (χ4n) is 3.52.